The number of hydrogen-bond acceptors (Lipinski definition) is 3. The SMILES string of the molecule is CC(C)c1ccc(C(O)c2scnc2Br)cc1. The Morgan fingerprint density at radius 2 is 1.76 bits per heavy atom. The molecule has 0 amide bonds. The largest absolute Gasteiger partial charge is 0.383 e. The Kier molecular flexibility index (Phi) is 3.97. The number of aliphatic hydroxyl groups is 1. The second kappa shape index (κ2) is 5.29. The molecular formula is C13H14BrNOS. The number of rotatable bonds is 3. The lowest BCUT2D eigenvalue weighted by molar-refractivity contribution is 0.223. The van der Waals surface area contributed by atoms with Crippen LogP contribution in [-0.4, -0.2) is 10.1 Å². The second-order valence-electron chi connectivity index (χ2n) is 4.23. The third kappa shape index (κ3) is 2.76. The monoisotopic (exact) mass is 311 g/mol. The molecule has 0 saturated carbocycles. The first-order valence-corrected chi connectivity index (χ1v) is 7.13. The summed E-state index contributed by atoms with van der Waals surface area (Å²) in [7, 11) is 0. The van der Waals surface area contributed by atoms with Crippen molar-refractivity contribution in [3.8, 4) is 0 Å². The van der Waals surface area contributed by atoms with E-state index in [4.69, 9.17) is 0 Å². The van der Waals surface area contributed by atoms with Crippen molar-refractivity contribution < 1.29 is 5.11 Å². The number of benzene rings is 1. The predicted molar refractivity (Wildman–Crippen MR) is 74.4 cm³/mol. The summed E-state index contributed by atoms with van der Waals surface area (Å²) in [5.41, 5.74) is 3.91. The first-order chi connectivity index (χ1) is 8.09. The van der Waals surface area contributed by atoms with E-state index in [2.05, 4.69) is 46.9 Å². The lowest BCUT2D eigenvalue weighted by Crippen LogP contribution is -1.98. The molecule has 0 radical (unpaired) electrons. The Balaban J connectivity index is 2.26. The number of thiazole rings is 1. The molecule has 0 aliphatic rings. The molecule has 4 heteroatoms. The average molecular weight is 312 g/mol. The zero-order valence-corrected chi connectivity index (χ0v) is 12.1. The van der Waals surface area contributed by atoms with Crippen LogP contribution >= 0.6 is 27.3 Å². The molecule has 1 N–H and O–H groups in total. The molecular weight excluding hydrogens is 298 g/mol. The normalized spacial score (nSPS) is 13.0. The van der Waals surface area contributed by atoms with E-state index in [1.807, 2.05) is 12.1 Å². The highest BCUT2D eigenvalue weighted by Crippen LogP contribution is 2.31. The van der Waals surface area contributed by atoms with Crippen LogP contribution in [0.1, 0.15) is 41.9 Å². The summed E-state index contributed by atoms with van der Waals surface area (Å²) < 4.78 is 0.725. The minimum absolute atomic E-state index is 0.510. The van der Waals surface area contributed by atoms with Gasteiger partial charge in [0.1, 0.15) is 10.7 Å². The zero-order chi connectivity index (χ0) is 12.4. The Labute approximate surface area is 113 Å². The smallest absolute Gasteiger partial charge is 0.123 e. The molecule has 0 aliphatic carbocycles. The van der Waals surface area contributed by atoms with Gasteiger partial charge >= 0.3 is 0 Å². The van der Waals surface area contributed by atoms with Crippen molar-refractivity contribution in [2.45, 2.75) is 25.9 Å². The molecule has 1 unspecified atom stereocenters. The Morgan fingerprint density at radius 3 is 2.24 bits per heavy atom. The number of hydrogen-bond donors (Lipinski definition) is 1. The van der Waals surface area contributed by atoms with Gasteiger partial charge in [0, 0.05) is 0 Å². The molecule has 0 aliphatic heterocycles. The Hall–Kier alpha value is -0.710. The summed E-state index contributed by atoms with van der Waals surface area (Å²) in [5.74, 6) is 0.510. The van der Waals surface area contributed by atoms with Gasteiger partial charge in [-0.3, -0.25) is 0 Å². The zero-order valence-electron chi connectivity index (χ0n) is 9.72. The van der Waals surface area contributed by atoms with Crippen LogP contribution in [0.2, 0.25) is 0 Å². The van der Waals surface area contributed by atoms with Gasteiger partial charge in [-0.15, -0.1) is 11.3 Å². The highest BCUT2D eigenvalue weighted by Gasteiger charge is 2.16. The van der Waals surface area contributed by atoms with E-state index in [9.17, 15) is 5.11 Å². The first kappa shape index (κ1) is 12.7. The maximum absolute atomic E-state index is 10.2. The van der Waals surface area contributed by atoms with Gasteiger partial charge in [0.2, 0.25) is 0 Å². The van der Waals surface area contributed by atoms with Crippen LogP contribution < -0.4 is 0 Å². The van der Waals surface area contributed by atoms with Crippen molar-refractivity contribution in [1.82, 2.24) is 4.98 Å². The van der Waals surface area contributed by atoms with E-state index in [0.717, 1.165) is 15.0 Å². The van der Waals surface area contributed by atoms with Gasteiger partial charge in [-0.1, -0.05) is 38.1 Å². The number of nitrogens with zero attached hydrogens (tertiary/aromatic N) is 1. The maximum Gasteiger partial charge on any atom is 0.123 e. The van der Waals surface area contributed by atoms with Crippen LogP contribution in [0.3, 0.4) is 0 Å². The summed E-state index contributed by atoms with van der Waals surface area (Å²) in [6, 6.07) is 8.09. The van der Waals surface area contributed by atoms with Crippen LogP contribution in [0.4, 0.5) is 0 Å². The first-order valence-electron chi connectivity index (χ1n) is 5.46. The molecule has 0 bridgehead atoms. The summed E-state index contributed by atoms with van der Waals surface area (Å²) in [6.07, 6.45) is -0.599. The lowest BCUT2D eigenvalue weighted by atomic mass is 10.00. The fourth-order valence-corrected chi connectivity index (χ4v) is 3.06. The van der Waals surface area contributed by atoms with Crippen LogP contribution in [0.25, 0.3) is 0 Å². The van der Waals surface area contributed by atoms with Gasteiger partial charge in [-0.05, 0) is 33.0 Å². The number of aromatic nitrogens is 1. The van der Waals surface area contributed by atoms with Gasteiger partial charge in [0.25, 0.3) is 0 Å². The molecule has 0 saturated heterocycles. The fourth-order valence-electron chi connectivity index (χ4n) is 1.63. The summed E-state index contributed by atoms with van der Waals surface area (Å²) in [4.78, 5) is 4.93. The van der Waals surface area contributed by atoms with Crippen LogP contribution in [0.15, 0.2) is 34.4 Å². The highest BCUT2D eigenvalue weighted by atomic mass is 79.9. The molecule has 2 aromatic rings. The molecule has 17 heavy (non-hydrogen) atoms. The van der Waals surface area contributed by atoms with Crippen molar-refractivity contribution in [1.29, 1.82) is 0 Å². The van der Waals surface area contributed by atoms with Gasteiger partial charge in [-0.25, -0.2) is 4.98 Å². The van der Waals surface area contributed by atoms with Crippen LogP contribution in [-0.2, 0) is 0 Å². The summed E-state index contributed by atoms with van der Waals surface area (Å²) in [5, 5.41) is 10.2. The molecule has 1 atom stereocenters. The van der Waals surface area contributed by atoms with Gasteiger partial charge in [0.15, 0.2) is 0 Å². The summed E-state index contributed by atoms with van der Waals surface area (Å²) in [6.45, 7) is 4.32. The van der Waals surface area contributed by atoms with E-state index in [1.165, 1.54) is 16.9 Å². The van der Waals surface area contributed by atoms with E-state index >= 15 is 0 Å². The van der Waals surface area contributed by atoms with Crippen molar-refractivity contribution >= 4 is 27.3 Å². The van der Waals surface area contributed by atoms with Crippen LogP contribution in [0.5, 0.6) is 0 Å². The van der Waals surface area contributed by atoms with Crippen LogP contribution in [0, 0.1) is 0 Å². The van der Waals surface area contributed by atoms with Crippen molar-refractivity contribution in [2.24, 2.45) is 0 Å². The molecule has 90 valence electrons. The Bertz CT molecular complexity index is 492. The molecule has 0 fully saturated rings. The molecule has 1 aromatic heterocycles. The summed E-state index contributed by atoms with van der Waals surface area (Å²) >= 11 is 4.80. The van der Waals surface area contributed by atoms with Gasteiger partial charge in [0.05, 0.1) is 10.4 Å². The van der Waals surface area contributed by atoms with Gasteiger partial charge in [-0.2, -0.15) is 0 Å². The number of aliphatic hydroxyl groups excluding tert-OH is 1. The highest BCUT2D eigenvalue weighted by molar-refractivity contribution is 9.10. The molecule has 1 aromatic carbocycles. The molecule has 0 spiro atoms. The van der Waals surface area contributed by atoms with E-state index in [-0.39, 0.29) is 0 Å². The minimum atomic E-state index is -0.599. The van der Waals surface area contributed by atoms with E-state index in [1.54, 1.807) is 5.51 Å². The third-order valence-corrected chi connectivity index (χ3v) is 4.49. The number of halogens is 1. The average Bonchev–Trinajstić information content (AvgIpc) is 2.74. The van der Waals surface area contributed by atoms with E-state index in [0.29, 0.717) is 5.92 Å². The van der Waals surface area contributed by atoms with Crippen molar-refractivity contribution in [3.63, 3.8) is 0 Å². The Morgan fingerprint density at radius 1 is 1.18 bits per heavy atom. The molecule has 2 nitrogen and oxygen atoms in total. The maximum atomic E-state index is 10.2. The predicted octanol–water partition coefficient (Wildman–Crippen LogP) is 4.11. The lowest BCUT2D eigenvalue weighted by Gasteiger charge is -2.11. The topological polar surface area (TPSA) is 33.1 Å². The second-order valence-corrected chi connectivity index (χ2v) is 5.87. The minimum Gasteiger partial charge on any atom is -0.383 e. The standard InChI is InChI=1S/C13H14BrNOS/c1-8(2)9-3-5-10(6-4-9)11(16)12-13(14)15-7-17-12/h3-8,11,16H,1-2H3. The quantitative estimate of drug-likeness (QED) is 0.925. The fraction of sp³-hybridized carbons (Fsp3) is 0.308. The van der Waals surface area contributed by atoms with Crippen molar-refractivity contribution in [3.05, 3.63) is 50.4 Å². The van der Waals surface area contributed by atoms with Gasteiger partial charge < -0.3 is 5.11 Å². The molecule has 1 heterocycles. The van der Waals surface area contributed by atoms with Crippen molar-refractivity contribution in [2.75, 3.05) is 0 Å². The third-order valence-electron chi connectivity index (χ3n) is 2.72. The van der Waals surface area contributed by atoms with E-state index < -0.39 is 6.10 Å². The molecule has 2 rings (SSSR count).